The van der Waals surface area contributed by atoms with E-state index in [2.05, 4.69) is 73.7 Å². The van der Waals surface area contributed by atoms with Crippen molar-refractivity contribution >= 4 is 129 Å². The third-order valence-electron chi connectivity index (χ3n) is 20.5. The summed E-state index contributed by atoms with van der Waals surface area (Å²) >= 11 is 0. The summed E-state index contributed by atoms with van der Waals surface area (Å²) in [6.45, 7) is 2.43. The first kappa shape index (κ1) is 87.0. The van der Waals surface area contributed by atoms with Crippen molar-refractivity contribution in [3.05, 3.63) is 185 Å². The zero-order valence-electron chi connectivity index (χ0n) is 68.9. The van der Waals surface area contributed by atoms with Crippen LogP contribution in [-0.2, 0) is 75.6 Å². The van der Waals surface area contributed by atoms with Crippen LogP contribution in [0.15, 0.2) is 122 Å². The van der Waals surface area contributed by atoms with Crippen molar-refractivity contribution in [1.29, 1.82) is 0 Å². The molecule has 0 spiro atoms. The van der Waals surface area contributed by atoms with E-state index in [-0.39, 0.29) is 115 Å². The first-order valence-corrected chi connectivity index (χ1v) is 39.3. The van der Waals surface area contributed by atoms with Crippen molar-refractivity contribution in [2.75, 3.05) is 90.1 Å². The van der Waals surface area contributed by atoms with Gasteiger partial charge < -0.3 is 123 Å². The maximum absolute atomic E-state index is 15.7. The topological polar surface area (TPSA) is 413 Å². The highest BCUT2D eigenvalue weighted by molar-refractivity contribution is 6.58. The molecule has 2 aliphatic heterocycles. The van der Waals surface area contributed by atoms with E-state index in [0.29, 0.717) is 114 Å². The standard InChI is InChI=1S/C81H101BF2N24O12/c1-50-34-51(2)107-61(50)42-60-21-20-59(108(60)82(107,83)84)22-23-70(110)85-25-14-12-13-18-69(109)86-27-16-31-98(3)32-17-28-87-71(111)24-29-90-75(114)63-37-54(45-101(63)6)93-78(117)66-39-56(47-103(66)8)95-79(118)67-38-55(46-105(67)10)94-76(115)64-35-52(43-102(64)7)91-72(112)19-15-26-89-74(113)62-36-53(44-100(62)5)92-77(116)65-40-57(48-104(65)9)96-80(119)68-41-58(49-106(68)11)97-81(120)73-88-30-33-99(73)4/h20-21,30,33-49H,12-19,22-29,31-32H2,1-11H3,(H,85,110)(H,86,109)(H,87,111)(H,89,113)(H,90,114)(H,91,112)(H,92,116)(H,93,117)(H,94,115)(H,95,118)(H,96,119)(H,97,120). The summed E-state index contributed by atoms with van der Waals surface area (Å²) in [5, 5.41) is 33.7. The van der Waals surface area contributed by atoms with Gasteiger partial charge in [0.15, 0.2) is 11.5 Å². The second kappa shape index (κ2) is 38.5. The predicted molar refractivity (Wildman–Crippen MR) is 449 cm³/mol. The number of amides is 12. The summed E-state index contributed by atoms with van der Waals surface area (Å²) < 4.78 is 45.9. The van der Waals surface area contributed by atoms with Gasteiger partial charge in [-0.05, 0) is 126 Å². The maximum atomic E-state index is 15.7. The van der Waals surface area contributed by atoms with Crippen LogP contribution in [-0.4, -0.2) is 192 Å². The van der Waals surface area contributed by atoms with E-state index in [1.54, 1.807) is 146 Å². The number of halogens is 2. The quantitative estimate of drug-likeness (QED) is 0.0141. The summed E-state index contributed by atoms with van der Waals surface area (Å²) in [4.78, 5) is 164. The second-order valence-corrected chi connectivity index (χ2v) is 30.0. The molecule has 0 fully saturated rings. The maximum Gasteiger partial charge on any atom is 0.737 e. The average molecular weight is 1650 g/mol. The fourth-order valence-electron chi connectivity index (χ4n) is 14.4. The highest BCUT2D eigenvalue weighted by atomic mass is 19.2. The number of hydrogen-bond donors (Lipinski definition) is 12. The average Bonchev–Trinajstić information content (AvgIpc) is 1.56. The van der Waals surface area contributed by atoms with E-state index >= 15 is 8.63 Å². The molecule has 0 atom stereocenters. The number of nitrogens with one attached hydrogen (secondary N) is 12. The number of fused-ring (bicyclic) bond motifs is 2. The fourth-order valence-corrected chi connectivity index (χ4v) is 14.4. The summed E-state index contributed by atoms with van der Waals surface area (Å²) in [5.74, 6) is -4.65. The van der Waals surface area contributed by atoms with Crippen LogP contribution >= 0.6 is 0 Å². The van der Waals surface area contributed by atoms with Crippen molar-refractivity contribution in [2.24, 2.45) is 56.4 Å². The molecule has 2 aliphatic rings. The molecule has 39 heteroatoms. The Labute approximate surface area is 690 Å². The SMILES string of the molecule is Cc1cc(C)n2c1C=C1C=CC(CCC(=O)NCCCCCC(=O)NCCCN(C)CCCNC(=O)CCNC(=O)c3cc(NC(=O)c4cc(NC(=O)c5cc(NC(=O)c6cc(NC(=O)CCCNC(=O)c7cc(NC(=O)c8cc(NC(=O)c9cc(NC(=O)c%10nccn%10C)cn9C)cn8C)cn7C)cn6C)cn5C)cn4C)cn3C)=[N+]1[B-]2(F)F. The molecule has 0 saturated heterocycles. The van der Waals surface area contributed by atoms with Crippen LogP contribution in [0.25, 0.3) is 6.08 Å². The van der Waals surface area contributed by atoms with Crippen LogP contribution in [0.4, 0.5) is 48.4 Å². The Morgan fingerprint density at radius 3 is 1.18 bits per heavy atom. The van der Waals surface area contributed by atoms with Gasteiger partial charge in [-0.3, -0.25) is 57.5 Å². The number of allylic oxidation sites excluding steroid dienone is 2. The van der Waals surface area contributed by atoms with Crippen LogP contribution < -0.4 is 63.8 Å². The molecule has 36 nitrogen and oxygen atoms in total. The zero-order chi connectivity index (χ0) is 86.4. The number of nitrogens with zero attached hydrogens (tertiary/aromatic N) is 12. The lowest BCUT2D eigenvalue weighted by molar-refractivity contribution is -0.362. The molecule has 12 N–H and O–H groups in total. The highest BCUT2D eigenvalue weighted by Gasteiger charge is 2.52. The Kier molecular flexibility index (Phi) is 27.9. The van der Waals surface area contributed by atoms with Crippen molar-refractivity contribution in [3.63, 3.8) is 0 Å². The Balaban J connectivity index is 0.518. The van der Waals surface area contributed by atoms with Gasteiger partial charge in [0.1, 0.15) is 45.6 Å². The van der Waals surface area contributed by atoms with Crippen LogP contribution in [0, 0.1) is 13.8 Å². The van der Waals surface area contributed by atoms with Gasteiger partial charge in [0.05, 0.1) is 39.8 Å². The molecule has 11 heterocycles. The summed E-state index contributed by atoms with van der Waals surface area (Å²) in [7, 11) is 15.1. The molecular weight excluding hydrogens is 1550 g/mol. The molecule has 634 valence electrons. The van der Waals surface area contributed by atoms with E-state index < -0.39 is 54.2 Å². The molecular formula is C81H101BF2N24O12. The first-order valence-electron chi connectivity index (χ1n) is 39.3. The Hall–Kier alpha value is -13.9. The molecule has 0 saturated carbocycles. The molecule has 11 rings (SSSR count). The molecule has 0 unspecified atom stereocenters. The normalized spacial score (nSPS) is 12.5. The van der Waals surface area contributed by atoms with Gasteiger partial charge >= 0.3 is 6.97 Å². The number of aryl methyl sites for hydroxylation is 10. The van der Waals surface area contributed by atoms with Crippen LogP contribution in [0.5, 0.6) is 0 Å². The van der Waals surface area contributed by atoms with E-state index in [1.165, 1.54) is 76.1 Å². The van der Waals surface area contributed by atoms with E-state index in [9.17, 15) is 57.5 Å². The van der Waals surface area contributed by atoms with Crippen LogP contribution in [0.2, 0.25) is 0 Å². The van der Waals surface area contributed by atoms with E-state index in [0.717, 1.165) is 33.9 Å². The molecule has 0 aliphatic carbocycles. The third-order valence-corrected chi connectivity index (χ3v) is 20.5. The van der Waals surface area contributed by atoms with Gasteiger partial charge in [-0.15, -0.1) is 0 Å². The third kappa shape index (κ3) is 21.7. The van der Waals surface area contributed by atoms with Crippen molar-refractivity contribution in [1.82, 2.24) is 77.5 Å². The number of anilines is 7. The summed E-state index contributed by atoms with van der Waals surface area (Å²) in [6.07, 6.45) is 23.7. The van der Waals surface area contributed by atoms with Crippen molar-refractivity contribution < 1.29 is 70.7 Å². The first-order chi connectivity index (χ1) is 57.2. The molecule has 12 amide bonds. The minimum Gasteiger partial charge on any atom is -0.394 e. The summed E-state index contributed by atoms with van der Waals surface area (Å²) in [6, 6.07) is 12.2. The number of unbranched alkanes of at least 4 members (excludes halogenated alkanes) is 2. The number of carbonyl (C=O) groups excluding carboxylic acids is 12. The highest BCUT2D eigenvalue weighted by Crippen LogP contribution is 2.35. The summed E-state index contributed by atoms with van der Waals surface area (Å²) in [5.41, 5.74) is 6.36. The number of hydrogen-bond acceptors (Lipinski definition) is 14. The second-order valence-electron chi connectivity index (χ2n) is 30.0. The molecule has 120 heavy (non-hydrogen) atoms. The van der Waals surface area contributed by atoms with Crippen molar-refractivity contribution in [3.8, 4) is 0 Å². The Bertz CT molecular complexity index is 5550. The van der Waals surface area contributed by atoms with E-state index in [1.807, 2.05) is 14.0 Å². The van der Waals surface area contributed by atoms with Gasteiger partial charge in [0, 0.05) is 201 Å². The smallest absolute Gasteiger partial charge is 0.394 e. The van der Waals surface area contributed by atoms with E-state index in [4.69, 9.17) is 0 Å². The largest absolute Gasteiger partial charge is 0.737 e. The zero-order valence-corrected chi connectivity index (χ0v) is 68.9. The van der Waals surface area contributed by atoms with Gasteiger partial charge in [-0.2, -0.15) is 0 Å². The van der Waals surface area contributed by atoms with Crippen molar-refractivity contribution in [2.45, 2.75) is 84.5 Å². The molecule has 9 aromatic heterocycles. The van der Waals surface area contributed by atoms with Gasteiger partial charge in [-0.25, -0.2) is 4.98 Å². The number of carbonyl (C=O) groups is 12. The van der Waals surface area contributed by atoms with Gasteiger partial charge in [0.25, 0.3) is 47.3 Å². The Morgan fingerprint density at radius 2 is 0.758 bits per heavy atom. The molecule has 0 bridgehead atoms. The van der Waals surface area contributed by atoms with Crippen LogP contribution in [0.1, 0.15) is 172 Å². The lowest BCUT2D eigenvalue weighted by Crippen LogP contribution is -2.50. The fraction of sp³-hybridized carbons (Fsp3) is 0.358. The van der Waals surface area contributed by atoms with Gasteiger partial charge in [-0.1, -0.05) is 6.42 Å². The Morgan fingerprint density at radius 1 is 0.392 bits per heavy atom. The lowest BCUT2D eigenvalue weighted by atomic mass is 9.90. The van der Waals surface area contributed by atoms with Gasteiger partial charge in [0.2, 0.25) is 23.6 Å². The minimum atomic E-state index is -4.08. The monoisotopic (exact) mass is 1650 g/mol. The molecule has 0 radical (unpaired) electrons. The minimum absolute atomic E-state index is 0.0192. The number of aromatic nitrogens is 10. The number of imidazole rings is 1. The number of rotatable bonds is 39. The molecule has 9 aromatic rings. The predicted octanol–water partition coefficient (Wildman–Crippen LogP) is 6.69. The van der Waals surface area contributed by atoms with Crippen LogP contribution in [0.3, 0.4) is 0 Å². The molecule has 0 aromatic carbocycles. The lowest BCUT2D eigenvalue weighted by Gasteiger charge is -2.30.